The minimum absolute atomic E-state index is 0.156. The summed E-state index contributed by atoms with van der Waals surface area (Å²) >= 11 is 0. The van der Waals surface area contributed by atoms with E-state index in [0.29, 0.717) is 12.1 Å². The lowest BCUT2D eigenvalue weighted by Gasteiger charge is -2.15. The molecule has 2 nitrogen and oxygen atoms in total. The molecule has 1 heterocycles. The van der Waals surface area contributed by atoms with E-state index in [9.17, 15) is 4.39 Å². The maximum absolute atomic E-state index is 13.6. The van der Waals surface area contributed by atoms with Crippen molar-refractivity contribution < 1.29 is 4.39 Å². The molecule has 0 N–H and O–H groups in total. The first kappa shape index (κ1) is 11.9. The second kappa shape index (κ2) is 4.83. The first-order valence-electron chi connectivity index (χ1n) is 6.24. The van der Waals surface area contributed by atoms with E-state index in [2.05, 4.69) is 11.0 Å². The van der Waals surface area contributed by atoms with Crippen molar-refractivity contribution in [1.29, 1.82) is 5.26 Å². The van der Waals surface area contributed by atoms with Gasteiger partial charge in [-0.3, -0.25) is 4.90 Å². The van der Waals surface area contributed by atoms with Crippen LogP contribution in [-0.2, 0) is 19.6 Å². The van der Waals surface area contributed by atoms with Crippen LogP contribution in [0.4, 0.5) is 4.39 Å². The maximum Gasteiger partial charge on any atom is 0.127 e. The molecule has 2 aromatic carbocycles. The minimum Gasteiger partial charge on any atom is -0.290 e. The second-order valence-electron chi connectivity index (χ2n) is 4.83. The molecule has 0 aromatic heterocycles. The number of hydrogen-bond donors (Lipinski definition) is 0. The predicted molar refractivity (Wildman–Crippen MR) is 70.5 cm³/mol. The molecule has 1 aliphatic heterocycles. The van der Waals surface area contributed by atoms with Gasteiger partial charge in [0.25, 0.3) is 0 Å². The van der Waals surface area contributed by atoms with Gasteiger partial charge in [0.2, 0.25) is 0 Å². The largest absolute Gasteiger partial charge is 0.290 e. The molecule has 0 saturated heterocycles. The van der Waals surface area contributed by atoms with Crippen molar-refractivity contribution in [2.75, 3.05) is 0 Å². The average molecular weight is 252 g/mol. The Hall–Kier alpha value is -2.18. The highest BCUT2D eigenvalue weighted by Gasteiger charge is 2.20. The van der Waals surface area contributed by atoms with E-state index in [-0.39, 0.29) is 5.82 Å². The Morgan fingerprint density at radius 1 is 1.11 bits per heavy atom. The molecule has 19 heavy (non-hydrogen) atoms. The summed E-state index contributed by atoms with van der Waals surface area (Å²) in [6.45, 7) is 2.19. The molecule has 3 heteroatoms. The summed E-state index contributed by atoms with van der Waals surface area (Å²) in [6.07, 6.45) is 0. The molecule has 0 amide bonds. The van der Waals surface area contributed by atoms with Crippen LogP contribution in [0.2, 0.25) is 0 Å². The van der Waals surface area contributed by atoms with Gasteiger partial charge in [0, 0.05) is 25.2 Å². The van der Waals surface area contributed by atoms with Crippen molar-refractivity contribution in [2.24, 2.45) is 0 Å². The van der Waals surface area contributed by atoms with E-state index < -0.39 is 0 Å². The molecular formula is C16H13FN2. The molecule has 0 saturated carbocycles. The highest BCUT2D eigenvalue weighted by Crippen LogP contribution is 2.25. The Kier molecular flexibility index (Phi) is 3.02. The van der Waals surface area contributed by atoms with Gasteiger partial charge in [0.15, 0.2) is 0 Å². The Bertz CT molecular complexity index is 658. The van der Waals surface area contributed by atoms with E-state index in [1.807, 2.05) is 30.3 Å². The van der Waals surface area contributed by atoms with Crippen LogP contribution in [0.1, 0.15) is 22.3 Å². The summed E-state index contributed by atoms with van der Waals surface area (Å²) in [6, 6.07) is 14.8. The number of nitriles is 1. The number of benzene rings is 2. The first-order chi connectivity index (χ1) is 9.26. The van der Waals surface area contributed by atoms with Gasteiger partial charge in [-0.15, -0.1) is 0 Å². The number of fused-ring (bicyclic) bond motifs is 1. The Morgan fingerprint density at radius 3 is 2.68 bits per heavy atom. The van der Waals surface area contributed by atoms with Crippen LogP contribution in [0.5, 0.6) is 0 Å². The third kappa shape index (κ3) is 2.35. The van der Waals surface area contributed by atoms with Crippen LogP contribution in [0, 0.1) is 17.1 Å². The lowest BCUT2D eigenvalue weighted by Crippen LogP contribution is -2.16. The van der Waals surface area contributed by atoms with Crippen molar-refractivity contribution in [3.05, 3.63) is 70.5 Å². The SMILES string of the molecule is N#Cc1ccc2c(c1)CN(Cc1ccccc1F)C2. The summed E-state index contributed by atoms with van der Waals surface area (Å²) in [7, 11) is 0. The van der Waals surface area contributed by atoms with E-state index >= 15 is 0 Å². The molecule has 0 spiro atoms. The van der Waals surface area contributed by atoms with Crippen molar-refractivity contribution in [1.82, 2.24) is 4.90 Å². The zero-order valence-corrected chi connectivity index (χ0v) is 10.4. The first-order valence-corrected chi connectivity index (χ1v) is 6.24. The maximum atomic E-state index is 13.6. The Balaban J connectivity index is 1.78. The third-order valence-electron chi connectivity index (χ3n) is 3.48. The molecule has 0 radical (unpaired) electrons. The zero-order valence-electron chi connectivity index (χ0n) is 10.4. The topological polar surface area (TPSA) is 27.0 Å². The smallest absolute Gasteiger partial charge is 0.127 e. The number of nitrogens with zero attached hydrogens (tertiary/aromatic N) is 2. The molecule has 0 atom stereocenters. The lowest BCUT2D eigenvalue weighted by atomic mass is 10.1. The molecular weight excluding hydrogens is 239 g/mol. The van der Waals surface area contributed by atoms with Gasteiger partial charge in [-0.1, -0.05) is 24.3 Å². The quantitative estimate of drug-likeness (QED) is 0.820. The standard InChI is InChI=1S/C16H13FN2/c17-16-4-2-1-3-14(16)10-19-9-13-6-5-12(8-18)7-15(13)11-19/h1-7H,9-11H2. The molecule has 0 bridgehead atoms. The predicted octanol–water partition coefficient (Wildman–Crippen LogP) is 3.21. The molecule has 2 aromatic rings. The summed E-state index contributed by atoms with van der Waals surface area (Å²) in [4.78, 5) is 2.18. The van der Waals surface area contributed by atoms with Crippen LogP contribution < -0.4 is 0 Å². The summed E-state index contributed by atoms with van der Waals surface area (Å²) in [5.74, 6) is -0.156. The fraction of sp³-hybridized carbons (Fsp3) is 0.188. The summed E-state index contributed by atoms with van der Waals surface area (Å²) in [5, 5.41) is 8.89. The summed E-state index contributed by atoms with van der Waals surface area (Å²) in [5.41, 5.74) is 3.81. The van der Waals surface area contributed by atoms with Crippen LogP contribution in [-0.4, -0.2) is 4.90 Å². The van der Waals surface area contributed by atoms with Crippen LogP contribution >= 0.6 is 0 Å². The van der Waals surface area contributed by atoms with E-state index in [4.69, 9.17) is 5.26 Å². The second-order valence-corrected chi connectivity index (χ2v) is 4.83. The Labute approximate surface area is 111 Å². The number of rotatable bonds is 2. The van der Waals surface area contributed by atoms with Gasteiger partial charge < -0.3 is 0 Å². The van der Waals surface area contributed by atoms with Crippen LogP contribution in [0.15, 0.2) is 42.5 Å². The molecule has 0 fully saturated rings. The van der Waals surface area contributed by atoms with Crippen molar-refractivity contribution in [2.45, 2.75) is 19.6 Å². The molecule has 94 valence electrons. The normalized spacial score (nSPS) is 14.1. The van der Waals surface area contributed by atoms with Crippen LogP contribution in [0.3, 0.4) is 0 Å². The van der Waals surface area contributed by atoms with Gasteiger partial charge in [-0.05, 0) is 29.3 Å². The Morgan fingerprint density at radius 2 is 1.89 bits per heavy atom. The van der Waals surface area contributed by atoms with Crippen molar-refractivity contribution in [3.8, 4) is 6.07 Å². The lowest BCUT2D eigenvalue weighted by molar-refractivity contribution is 0.271. The fourth-order valence-electron chi connectivity index (χ4n) is 2.51. The molecule has 0 unspecified atom stereocenters. The highest BCUT2D eigenvalue weighted by molar-refractivity contribution is 5.40. The van der Waals surface area contributed by atoms with Crippen molar-refractivity contribution in [3.63, 3.8) is 0 Å². The molecule has 0 aliphatic carbocycles. The third-order valence-corrected chi connectivity index (χ3v) is 3.48. The average Bonchev–Trinajstić information content (AvgIpc) is 2.82. The molecule has 1 aliphatic rings. The monoisotopic (exact) mass is 252 g/mol. The number of hydrogen-bond acceptors (Lipinski definition) is 2. The van der Waals surface area contributed by atoms with E-state index in [1.54, 1.807) is 6.07 Å². The fourth-order valence-corrected chi connectivity index (χ4v) is 2.51. The van der Waals surface area contributed by atoms with Crippen LogP contribution in [0.25, 0.3) is 0 Å². The molecule has 3 rings (SSSR count). The van der Waals surface area contributed by atoms with Gasteiger partial charge in [-0.2, -0.15) is 5.26 Å². The van der Waals surface area contributed by atoms with Gasteiger partial charge in [0.1, 0.15) is 5.82 Å². The summed E-state index contributed by atoms with van der Waals surface area (Å²) < 4.78 is 13.6. The van der Waals surface area contributed by atoms with Gasteiger partial charge in [0.05, 0.1) is 11.6 Å². The van der Waals surface area contributed by atoms with E-state index in [1.165, 1.54) is 17.2 Å². The minimum atomic E-state index is -0.156. The highest BCUT2D eigenvalue weighted by atomic mass is 19.1. The zero-order chi connectivity index (χ0) is 13.2. The van der Waals surface area contributed by atoms with Gasteiger partial charge >= 0.3 is 0 Å². The van der Waals surface area contributed by atoms with E-state index in [0.717, 1.165) is 18.7 Å². The number of halogens is 1. The van der Waals surface area contributed by atoms with Crippen molar-refractivity contribution >= 4 is 0 Å². The van der Waals surface area contributed by atoms with Gasteiger partial charge in [-0.25, -0.2) is 4.39 Å².